The van der Waals surface area contributed by atoms with Crippen LogP contribution in [0.15, 0.2) is 23.2 Å². The van der Waals surface area contributed by atoms with E-state index in [9.17, 15) is 5.11 Å². The molecule has 2 rings (SSSR count). The zero-order valence-corrected chi connectivity index (χ0v) is 17.0. The maximum absolute atomic E-state index is 9.50. The van der Waals surface area contributed by atoms with E-state index in [-0.39, 0.29) is 12.0 Å². The summed E-state index contributed by atoms with van der Waals surface area (Å²) in [6, 6.07) is 5.87. The summed E-state index contributed by atoms with van der Waals surface area (Å²) in [7, 11) is 3.28. The van der Waals surface area contributed by atoms with E-state index in [1.807, 2.05) is 18.2 Å². The molecule has 0 spiro atoms. The summed E-state index contributed by atoms with van der Waals surface area (Å²) in [5.74, 6) is 2.25. The Morgan fingerprint density at radius 3 is 2.48 bits per heavy atom. The summed E-state index contributed by atoms with van der Waals surface area (Å²) in [5.41, 5.74) is 1.25. The van der Waals surface area contributed by atoms with Crippen molar-refractivity contribution in [1.82, 2.24) is 10.6 Å². The number of guanidine groups is 1. The SMILES string of the molecule is CCNC(=NCc1ccc(OC)c(OC)c1)NCC1(CCO)CCCCC1. The van der Waals surface area contributed by atoms with Gasteiger partial charge in [-0.1, -0.05) is 25.3 Å². The minimum absolute atomic E-state index is 0.187. The topological polar surface area (TPSA) is 75.1 Å². The number of hydrogen-bond acceptors (Lipinski definition) is 4. The van der Waals surface area contributed by atoms with Crippen molar-refractivity contribution >= 4 is 5.96 Å². The molecule has 0 amide bonds. The molecule has 1 aliphatic carbocycles. The van der Waals surface area contributed by atoms with E-state index in [4.69, 9.17) is 14.5 Å². The quantitative estimate of drug-likeness (QED) is 0.455. The number of nitrogens with zero attached hydrogens (tertiary/aromatic N) is 1. The Morgan fingerprint density at radius 1 is 1.11 bits per heavy atom. The number of aliphatic hydroxyl groups is 1. The third-order valence-electron chi connectivity index (χ3n) is 5.40. The summed E-state index contributed by atoms with van der Waals surface area (Å²) >= 11 is 0. The zero-order chi connectivity index (χ0) is 19.5. The van der Waals surface area contributed by atoms with Crippen molar-refractivity contribution in [3.05, 3.63) is 23.8 Å². The lowest BCUT2D eigenvalue weighted by Crippen LogP contribution is -2.44. The Hall–Kier alpha value is -1.95. The fourth-order valence-corrected chi connectivity index (χ4v) is 3.82. The van der Waals surface area contributed by atoms with Crippen molar-refractivity contribution < 1.29 is 14.6 Å². The van der Waals surface area contributed by atoms with Crippen LogP contribution in [0.5, 0.6) is 11.5 Å². The Bertz CT molecular complexity index is 593. The van der Waals surface area contributed by atoms with Crippen LogP contribution >= 0.6 is 0 Å². The number of aliphatic hydroxyl groups excluding tert-OH is 1. The van der Waals surface area contributed by atoms with E-state index in [2.05, 4.69) is 17.6 Å². The van der Waals surface area contributed by atoms with E-state index in [1.165, 1.54) is 32.1 Å². The van der Waals surface area contributed by atoms with Gasteiger partial charge in [0.25, 0.3) is 0 Å². The fourth-order valence-electron chi connectivity index (χ4n) is 3.82. The molecule has 1 aromatic rings. The van der Waals surface area contributed by atoms with Crippen LogP contribution in [0.3, 0.4) is 0 Å². The van der Waals surface area contributed by atoms with Crippen LogP contribution in [0.1, 0.15) is 51.0 Å². The van der Waals surface area contributed by atoms with E-state index in [0.29, 0.717) is 12.3 Å². The smallest absolute Gasteiger partial charge is 0.191 e. The van der Waals surface area contributed by atoms with Crippen molar-refractivity contribution in [2.45, 2.75) is 52.0 Å². The van der Waals surface area contributed by atoms with Crippen LogP contribution in [0, 0.1) is 5.41 Å². The van der Waals surface area contributed by atoms with Gasteiger partial charge < -0.3 is 25.2 Å². The summed E-state index contributed by atoms with van der Waals surface area (Å²) < 4.78 is 10.7. The first-order chi connectivity index (χ1) is 13.2. The van der Waals surface area contributed by atoms with Gasteiger partial charge in [0.1, 0.15) is 0 Å². The molecule has 6 nitrogen and oxygen atoms in total. The average Bonchev–Trinajstić information content (AvgIpc) is 2.70. The van der Waals surface area contributed by atoms with Gasteiger partial charge in [-0.2, -0.15) is 0 Å². The molecular formula is C21H35N3O3. The van der Waals surface area contributed by atoms with Gasteiger partial charge in [0.05, 0.1) is 20.8 Å². The summed E-state index contributed by atoms with van der Waals surface area (Å²) in [5, 5.41) is 16.3. The number of aliphatic imine (C=N–C) groups is 1. The molecule has 0 radical (unpaired) electrons. The number of benzene rings is 1. The highest BCUT2D eigenvalue weighted by Gasteiger charge is 2.31. The van der Waals surface area contributed by atoms with Gasteiger partial charge in [0.2, 0.25) is 0 Å². The molecule has 3 N–H and O–H groups in total. The molecule has 6 heteroatoms. The Labute approximate surface area is 163 Å². The van der Waals surface area contributed by atoms with Gasteiger partial charge in [0, 0.05) is 19.7 Å². The number of hydrogen-bond donors (Lipinski definition) is 3. The van der Waals surface area contributed by atoms with Gasteiger partial charge in [0.15, 0.2) is 17.5 Å². The summed E-state index contributed by atoms with van der Waals surface area (Å²) in [4.78, 5) is 4.73. The minimum atomic E-state index is 0.187. The minimum Gasteiger partial charge on any atom is -0.493 e. The second-order valence-corrected chi connectivity index (χ2v) is 7.27. The number of rotatable bonds is 9. The lowest BCUT2D eigenvalue weighted by molar-refractivity contribution is 0.131. The lowest BCUT2D eigenvalue weighted by Gasteiger charge is -2.37. The molecule has 0 heterocycles. The van der Waals surface area contributed by atoms with E-state index in [1.54, 1.807) is 14.2 Å². The Balaban J connectivity index is 2.03. The zero-order valence-electron chi connectivity index (χ0n) is 17.0. The first-order valence-electron chi connectivity index (χ1n) is 10.0. The molecule has 1 saturated carbocycles. The Kier molecular flexibility index (Phi) is 8.72. The molecule has 0 saturated heterocycles. The predicted octanol–water partition coefficient (Wildman–Crippen LogP) is 3.09. The average molecular weight is 378 g/mol. The van der Waals surface area contributed by atoms with Crippen molar-refractivity contribution in [2.75, 3.05) is 33.9 Å². The van der Waals surface area contributed by atoms with Crippen LogP contribution < -0.4 is 20.1 Å². The first kappa shape index (κ1) is 21.4. The summed E-state index contributed by atoms with van der Waals surface area (Å²) in [6.45, 7) is 4.54. The molecule has 0 bridgehead atoms. The van der Waals surface area contributed by atoms with Crippen molar-refractivity contribution in [3.63, 3.8) is 0 Å². The van der Waals surface area contributed by atoms with Crippen LogP contribution in [0.4, 0.5) is 0 Å². The normalized spacial score (nSPS) is 16.7. The maximum atomic E-state index is 9.50. The molecule has 1 aliphatic rings. The molecule has 1 aromatic carbocycles. The van der Waals surface area contributed by atoms with Crippen molar-refractivity contribution in [3.8, 4) is 11.5 Å². The van der Waals surface area contributed by atoms with Crippen LogP contribution in [0.2, 0.25) is 0 Å². The van der Waals surface area contributed by atoms with E-state index in [0.717, 1.165) is 36.8 Å². The van der Waals surface area contributed by atoms with Gasteiger partial charge in [-0.05, 0) is 49.3 Å². The highest BCUT2D eigenvalue weighted by atomic mass is 16.5. The number of methoxy groups -OCH3 is 2. The second-order valence-electron chi connectivity index (χ2n) is 7.27. The van der Waals surface area contributed by atoms with Crippen LogP contribution in [-0.2, 0) is 6.54 Å². The van der Waals surface area contributed by atoms with E-state index >= 15 is 0 Å². The van der Waals surface area contributed by atoms with E-state index < -0.39 is 0 Å². The molecule has 0 unspecified atom stereocenters. The third-order valence-corrected chi connectivity index (χ3v) is 5.40. The highest BCUT2D eigenvalue weighted by Crippen LogP contribution is 2.38. The molecule has 0 aromatic heterocycles. The van der Waals surface area contributed by atoms with Crippen molar-refractivity contribution in [1.29, 1.82) is 0 Å². The Morgan fingerprint density at radius 2 is 1.85 bits per heavy atom. The first-order valence-corrected chi connectivity index (χ1v) is 10.0. The highest BCUT2D eigenvalue weighted by molar-refractivity contribution is 5.79. The molecule has 0 aliphatic heterocycles. The molecule has 1 fully saturated rings. The van der Waals surface area contributed by atoms with Gasteiger partial charge in [-0.3, -0.25) is 0 Å². The van der Waals surface area contributed by atoms with Crippen molar-refractivity contribution in [2.24, 2.45) is 10.4 Å². The van der Waals surface area contributed by atoms with Gasteiger partial charge in [-0.15, -0.1) is 0 Å². The monoisotopic (exact) mass is 377 g/mol. The maximum Gasteiger partial charge on any atom is 0.191 e. The van der Waals surface area contributed by atoms with Crippen LogP contribution in [-0.4, -0.2) is 45.0 Å². The molecular weight excluding hydrogens is 342 g/mol. The summed E-state index contributed by atoms with van der Waals surface area (Å²) in [6.07, 6.45) is 7.02. The van der Waals surface area contributed by atoms with Gasteiger partial charge >= 0.3 is 0 Å². The standard InChI is InChI=1S/C21H35N3O3/c1-4-22-20(24-16-21(12-13-25)10-6-5-7-11-21)23-15-17-8-9-18(26-2)19(14-17)27-3/h8-9,14,25H,4-7,10-13,15-16H2,1-3H3,(H2,22,23,24). The fraction of sp³-hybridized carbons (Fsp3) is 0.667. The second kappa shape index (κ2) is 11.0. The largest absolute Gasteiger partial charge is 0.493 e. The molecule has 27 heavy (non-hydrogen) atoms. The molecule has 0 atom stereocenters. The van der Waals surface area contributed by atoms with Gasteiger partial charge in [-0.25, -0.2) is 4.99 Å². The lowest BCUT2D eigenvalue weighted by atomic mass is 9.72. The third kappa shape index (κ3) is 6.31. The van der Waals surface area contributed by atoms with Crippen LogP contribution in [0.25, 0.3) is 0 Å². The number of ether oxygens (including phenoxy) is 2. The number of nitrogens with one attached hydrogen (secondary N) is 2. The molecule has 152 valence electrons. The predicted molar refractivity (Wildman–Crippen MR) is 110 cm³/mol.